The molecule has 8 heteroatoms. The molecule has 5 rings (SSSR count). The summed E-state index contributed by atoms with van der Waals surface area (Å²) in [5, 5.41) is 4.65. The number of rotatable bonds is 8. The number of ether oxygens (including phenoxy) is 1. The summed E-state index contributed by atoms with van der Waals surface area (Å²) in [7, 11) is 2.06. The first-order chi connectivity index (χ1) is 18.5. The van der Waals surface area contributed by atoms with Crippen molar-refractivity contribution in [3.05, 3.63) is 112 Å². The molecule has 2 aromatic heterocycles. The van der Waals surface area contributed by atoms with Gasteiger partial charge in [0.15, 0.2) is 0 Å². The number of nitrogens with zero attached hydrogens (tertiary/aromatic N) is 3. The van der Waals surface area contributed by atoms with Gasteiger partial charge in [-0.3, -0.25) is 4.90 Å². The predicted molar refractivity (Wildman–Crippen MR) is 153 cm³/mol. The molecule has 0 amide bonds. The van der Waals surface area contributed by atoms with Crippen molar-refractivity contribution < 1.29 is 9.13 Å². The van der Waals surface area contributed by atoms with Gasteiger partial charge in [0.25, 0.3) is 0 Å². The average molecular weight is 543 g/mol. The Labute approximate surface area is 229 Å². The van der Waals surface area contributed by atoms with Crippen molar-refractivity contribution >= 4 is 44.7 Å². The monoisotopic (exact) mass is 542 g/mol. The van der Waals surface area contributed by atoms with Crippen LogP contribution in [0.2, 0.25) is 5.02 Å². The Hall–Kier alpha value is -3.96. The Morgan fingerprint density at radius 1 is 1.00 bits per heavy atom. The van der Waals surface area contributed by atoms with Crippen LogP contribution in [0.3, 0.4) is 0 Å². The van der Waals surface area contributed by atoms with Gasteiger partial charge in [-0.15, -0.1) is 11.3 Å². The molecule has 0 radical (unpaired) electrons. The van der Waals surface area contributed by atoms with E-state index in [2.05, 4.69) is 51.2 Å². The predicted octanol–water partition coefficient (Wildman–Crippen LogP) is 7.29. The van der Waals surface area contributed by atoms with Gasteiger partial charge in [0, 0.05) is 12.2 Å². The fourth-order valence-electron chi connectivity index (χ4n) is 3.85. The van der Waals surface area contributed by atoms with Crippen molar-refractivity contribution in [1.82, 2.24) is 14.9 Å². The van der Waals surface area contributed by atoms with E-state index in [4.69, 9.17) is 16.3 Å². The Morgan fingerprint density at radius 2 is 1.84 bits per heavy atom. The molecule has 0 spiro atoms. The zero-order valence-electron chi connectivity index (χ0n) is 20.6. The van der Waals surface area contributed by atoms with E-state index >= 15 is 0 Å². The van der Waals surface area contributed by atoms with E-state index in [9.17, 15) is 4.39 Å². The van der Waals surface area contributed by atoms with E-state index in [0.717, 1.165) is 32.9 Å². The highest BCUT2D eigenvalue weighted by Crippen LogP contribution is 2.33. The van der Waals surface area contributed by atoms with E-state index in [1.54, 1.807) is 24.3 Å². The summed E-state index contributed by atoms with van der Waals surface area (Å²) in [4.78, 5) is 12.8. The molecule has 5 nitrogen and oxygen atoms in total. The Balaban J connectivity index is 1.24. The second-order valence-corrected chi connectivity index (χ2v) is 10.1. The number of halogens is 2. The van der Waals surface area contributed by atoms with Crippen LogP contribution in [0.5, 0.6) is 5.75 Å². The van der Waals surface area contributed by atoms with Crippen LogP contribution in [0, 0.1) is 17.7 Å². The molecule has 0 unspecified atom stereocenters. The van der Waals surface area contributed by atoms with E-state index in [0.29, 0.717) is 23.1 Å². The summed E-state index contributed by atoms with van der Waals surface area (Å²) in [6.07, 6.45) is 1.53. The van der Waals surface area contributed by atoms with Crippen LogP contribution in [-0.4, -0.2) is 28.5 Å². The molecule has 1 N–H and O–H groups in total. The van der Waals surface area contributed by atoms with Crippen molar-refractivity contribution in [3.8, 4) is 17.6 Å². The normalized spacial score (nSPS) is 10.8. The number of fused-ring (bicyclic) bond motifs is 1. The van der Waals surface area contributed by atoms with Crippen molar-refractivity contribution in [3.63, 3.8) is 0 Å². The fourth-order valence-corrected chi connectivity index (χ4v) is 4.96. The largest absolute Gasteiger partial charge is 0.487 e. The smallest absolute Gasteiger partial charge is 0.142 e. The zero-order valence-corrected chi connectivity index (χ0v) is 22.2. The molecule has 5 aromatic rings. The maximum absolute atomic E-state index is 13.4. The lowest BCUT2D eigenvalue weighted by molar-refractivity contribution is 0.306. The first-order valence-electron chi connectivity index (χ1n) is 11.9. The maximum Gasteiger partial charge on any atom is 0.142 e. The minimum Gasteiger partial charge on any atom is -0.487 e. The van der Waals surface area contributed by atoms with Gasteiger partial charge in [-0.1, -0.05) is 65.9 Å². The molecule has 0 aliphatic carbocycles. The van der Waals surface area contributed by atoms with E-state index in [1.165, 1.54) is 35.4 Å². The van der Waals surface area contributed by atoms with Gasteiger partial charge < -0.3 is 10.1 Å². The molecular formula is C30H24ClFN4OS. The van der Waals surface area contributed by atoms with Crippen LogP contribution in [-0.2, 0) is 13.2 Å². The average Bonchev–Trinajstić information content (AvgIpc) is 3.33. The molecule has 0 atom stereocenters. The van der Waals surface area contributed by atoms with Crippen molar-refractivity contribution in [2.24, 2.45) is 0 Å². The molecule has 3 aromatic carbocycles. The Bertz CT molecular complexity index is 1610. The van der Waals surface area contributed by atoms with Crippen LogP contribution in [0.25, 0.3) is 10.2 Å². The zero-order chi connectivity index (χ0) is 26.3. The second kappa shape index (κ2) is 12.1. The number of hydrogen-bond donors (Lipinski definition) is 1. The van der Waals surface area contributed by atoms with Gasteiger partial charge in [-0.2, -0.15) is 0 Å². The maximum atomic E-state index is 13.4. The van der Waals surface area contributed by atoms with Gasteiger partial charge in [0.1, 0.15) is 35.1 Å². The number of hydrogen-bond acceptors (Lipinski definition) is 6. The number of aromatic nitrogens is 2. The minimum atomic E-state index is -0.300. The number of nitrogens with one attached hydrogen (secondary N) is 1. The first kappa shape index (κ1) is 25.7. The second-order valence-electron chi connectivity index (χ2n) is 8.70. The summed E-state index contributed by atoms with van der Waals surface area (Å²) < 4.78 is 19.2. The molecular weight excluding hydrogens is 519 g/mol. The van der Waals surface area contributed by atoms with Gasteiger partial charge in [-0.05, 0) is 54.6 Å². The molecule has 190 valence electrons. The third kappa shape index (κ3) is 6.67. The van der Waals surface area contributed by atoms with Crippen LogP contribution < -0.4 is 10.1 Å². The van der Waals surface area contributed by atoms with Gasteiger partial charge in [0.05, 0.1) is 21.8 Å². The standard InChI is InChI=1S/C30H24ClFN4OS/c1-36(18-21-7-3-2-4-8-21)14-6-11-25-17-26-29(33-20-34-30(26)38-25)35-24-12-13-28(27(31)16-24)37-19-22-9-5-10-23(32)15-22/h2-5,7-10,12-13,15-17,20H,14,18-19H2,1H3,(H,33,34,35). The lowest BCUT2D eigenvalue weighted by Crippen LogP contribution is -2.17. The van der Waals surface area contributed by atoms with Crippen LogP contribution in [0.15, 0.2) is 85.2 Å². The molecule has 0 saturated carbocycles. The SMILES string of the molecule is CN(CC#Cc1cc2c(Nc3ccc(OCc4cccc(F)c4)c(Cl)c3)ncnc2s1)Cc1ccccc1. The summed E-state index contributed by atoms with van der Waals surface area (Å²) in [6, 6.07) is 24.0. The summed E-state index contributed by atoms with van der Waals surface area (Å²) >= 11 is 7.99. The molecule has 2 heterocycles. The third-order valence-electron chi connectivity index (χ3n) is 5.66. The molecule has 0 aliphatic heterocycles. The number of anilines is 2. The minimum absolute atomic E-state index is 0.220. The van der Waals surface area contributed by atoms with Crippen LogP contribution in [0.1, 0.15) is 16.0 Å². The van der Waals surface area contributed by atoms with E-state index in [-0.39, 0.29) is 12.4 Å². The summed E-state index contributed by atoms with van der Waals surface area (Å²) in [5.74, 6) is 7.40. The summed E-state index contributed by atoms with van der Waals surface area (Å²) in [6.45, 7) is 1.72. The molecule has 0 saturated heterocycles. The molecule has 0 fully saturated rings. The van der Waals surface area contributed by atoms with Crippen LogP contribution in [0.4, 0.5) is 15.9 Å². The number of thiophene rings is 1. The van der Waals surface area contributed by atoms with Crippen LogP contribution >= 0.6 is 22.9 Å². The quantitative estimate of drug-likeness (QED) is 0.209. The molecule has 0 bridgehead atoms. The van der Waals surface area contributed by atoms with Crippen molar-refractivity contribution in [2.75, 3.05) is 18.9 Å². The summed E-state index contributed by atoms with van der Waals surface area (Å²) in [5.41, 5.74) is 2.75. The van der Waals surface area contributed by atoms with Crippen molar-refractivity contribution in [1.29, 1.82) is 0 Å². The molecule has 0 aliphatic rings. The lowest BCUT2D eigenvalue weighted by atomic mass is 10.2. The van der Waals surface area contributed by atoms with Gasteiger partial charge >= 0.3 is 0 Å². The fraction of sp³-hybridized carbons (Fsp3) is 0.133. The van der Waals surface area contributed by atoms with Crippen molar-refractivity contribution in [2.45, 2.75) is 13.2 Å². The van der Waals surface area contributed by atoms with Gasteiger partial charge in [0.2, 0.25) is 0 Å². The topological polar surface area (TPSA) is 50.3 Å². The highest BCUT2D eigenvalue weighted by Gasteiger charge is 2.10. The van der Waals surface area contributed by atoms with E-state index in [1.807, 2.05) is 30.3 Å². The van der Waals surface area contributed by atoms with E-state index < -0.39 is 0 Å². The Morgan fingerprint density at radius 3 is 2.66 bits per heavy atom. The molecule has 38 heavy (non-hydrogen) atoms. The Kier molecular flexibility index (Phi) is 8.15. The lowest BCUT2D eigenvalue weighted by Gasteiger charge is -2.12. The third-order valence-corrected chi connectivity index (χ3v) is 6.92. The first-order valence-corrected chi connectivity index (χ1v) is 13.1. The highest BCUT2D eigenvalue weighted by molar-refractivity contribution is 7.19. The number of benzene rings is 3. The highest BCUT2D eigenvalue weighted by atomic mass is 35.5. The van der Waals surface area contributed by atoms with Gasteiger partial charge in [-0.25, -0.2) is 14.4 Å².